The molecule has 24 heavy (non-hydrogen) atoms. The van der Waals surface area contributed by atoms with Crippen molar-refractivity contribution in [2.45, 2.75) is 17.7 Å². The number of carbonyl (C=O) groups is 1. The lowest BCUT2D eigenvalue weighted by Crippen LogP contribution is -2.14. The van der Waals surface area contributed by atoms with Gasteiger partial charge in [0, 0.05) is 12.1 Å². The Morgan fingerprint density at radius 2 is 1.71 bits per heavy atom. The highest BCUT2D eigenvalue weighted by Gasteiger charge is 2.15. The second kappa shape index (κ2) is 7.92. The van der Waals surface area contributed by atoms with E-state index in [0.717, 1.165) is 12.1 Å². The first-order chi connectivity index (χ1) is 11.4. The molecule has 1 N–H and O–H groups in total. The van der Waals surface area contributed by atoms with E-state index < -0.39 is 15.7 Å². The molecule has 0 bridgehead atoms. The van der Waals surface area contributed by atoms with E-state index in [1.807, 2.05) is 0 Å². The zero-order valence-corrected chi connectivity index (χ0v) is 14.0. The summed E-state index contributed by atoms with van der Waals surface area (Å²) in [6.45, 7) is 0. The van der Waals surface area contributed by atoms with E-state index in [1.54, 1.807) is 31.4 Å². The first kappa shape index (κ1) is 17.9. The highest BCUT2D eigenvalue weighted by atomic mass is 32.2. The molecule has 5 nitrogen and oxygen atoms in total. The number of ether oxygens (including phenoxy) is 1. The van der Waals surface area contributed by atoms with Crippen molar-refractivity contribution in [3.63, 3.8) is 0 Å². The third kappa shape index (κ3) is 5.06. The fourth-order valence-electron chi connectivity index (χ4n) is 2.08. The standard InChI is InChI=1S/C17H18FNO4S/c1-23-15-8-6-14(7-9-15)19-17(20)3-2-12-24(21,22)16-10-4-13(18)5-11-16/h4-11H,2-3,12H2,1H3,(H,19,20). The summed E-state index contributed by atoms with van der Waals surface area (Å²) in [7, 11) is -1.97. The number of hydrogen-bond acceptors (Lipinski definition) is 4. The summed E-state index contributed by atoms with van der Waals surface area (Å²) in [6.07, 6.45) is 0.258. The van der Waals surface area contributed by atoms with E-state index in [9.17, 15) is 17.6 Å². The molecule has 0 fully saturated rings. The molecule has 2 aromatic rings. The SMILES string of the molecule is COc1ccc(NC(=O)CCCS(=O)(=O)c2ccc(F)cc2)cc1. The maximum atomic E-state index is 12.8. The fraction of sp³-hybridized carbons (Fsp3) is 0.235. The molecule has 0 aliphatic rings. The van der Waals surface area contributed by atoms with Crippen LogP contribution in [0.3, 0.4) is 0 Å². The summed E-state index contributed by atoms with van der Waals surface area (Å²) in [5.41, 5.74) is 0.613. The van der Waals surface area contributed by atoms with Crippen molar-refractivity contribution in [1.82, 2.24) is 0 Å². The average molecular weight is 351 g/mol. The molecule has 0 saturated heterocycles. The lowest BCUT2D eigenvalue weighted by atomic mass is 10.2. The topological polar surface area (TPSA) is 72.5 Å². The molecule has 0 saturated carbocycles. The second-order valence-electron chi connectivity index (χ2n) is 5.15. The summed E-state index contributed by atoms with van der Waals surface area (Å²) < 4.78 is 42.0. The summed E-state index contributed by atoms with van der Waals surface area (Å²) in [4.78, 5) is 11.9. The number of amides is 1. The van der Waals surface area contributed by atoms with Gasteiger partial charge in [0.1, 0.15) is 11.6 Å². The van der Waals surface area contributed by atoms with Crippen molar-refractivity contribution in [1.29, 1.82) is 0 Å². The Hall–Kier alpha value is -2.41. The monoisotopic (exact) mass is 351 g/mol. The van der Waals surface area contributed by atoms with E-state index in [0.29, 0.717) is 11.4 Å². The third-order valence-corrected chi connectivity index (χ3v) is 5.18. The fourth-order valence-corrected chi connectivity index (χ4v) is 3.39. The molecular formula is C17H18FNO4S. The van der Waals surface area contributed by atoms with Crippen molar-refractivity contribution in [3.8, 4) is 5.75 Å². The van der Waals surface area contributed by atoms with E-state index in [4.69, 9.17) is 4.74 Å². The molecular weight excluding hydrogens is 333 g/mol. The largest absolute Gasteiger partial charge is 0.497 e. The van der Waals surface area contributed by atoms with Gasteiger partial charge in [-0.15, -0.1) is 0 Å². The number of sulfone groups is 1. The van der Waals surface area contributed by atoms with Gasteiger partial charge in [-0.05, 0) is 55.0 Å². The number of rotatable bonds is 7. The van der Waals surface area contributed by atoms with Crippen LogP contribution in [-0.4, -0.2) is 27.2 Å². The molecule has 7 heteroatoms. The van der Waals surface area contributed by atoms with Gasteiger partial charge in [-0.25, -0.2) is 12.8 Å². The van der Waals surface area contributed by atoms with Crippen molar-refractivity contribution in [3.05, 3.63) is 54.3 Å². The molecule has 128 valence electrons. The van der Waals surface area contributed by atoms with Gasteiger partial charge >= 0.3 is 0 Å². The minimum absolute atomic E-state index is 0.0551. The number of carbonyl (C=O) groups excluding carboxylic acids is 1. The Morgan fingerprint density at radius 3 is 2.29 bits per heavy atom. The highest BCUT2D eigenvalue weighted by Crippen LogP contribution is 2.16. The van der Waals surface area contributed by atoms with Gasteiger partial charge < -0.3 is 10.1 Å². The average Bonchev–Trinajstić information content (AvgIpc) is 2.56. The first-order valence-corrected chi connectivity index (χ1v) is 8.98. The molecule has 0 aliphatic heterocycles. The molecule has 0 unspecified atom stereocenters. The normalized spacial score (nSPS) is 11.1. The maximum absolute atomic E-state index is 12.8. The number of hydrogen-bond donors (Lipinski definition) is 1. The van der Waals surface area contributed by atoms with Crippen molar-refractivity contribution in [2.24, 2.45) is 0 Å². The van der Waals surface area contributed by atoms with Gasteiger partial charge in [0.2, 0.25) is 5.91 Å². The number of anilines is 1. The first-order valence-electron chi connectivity index (χ1n) is 7.33. The molecule has 2 aromatic carbocycles. The van der Waals surface area contributed by atoms with Crippen LogP contribution in [0.4, 0.5) is 10.1 Å². The number of methoxy groups -OCH3 is 1. The molecule has 0 radical (unpaired) electrons. The van der Waals surface area contributed by atoms with Gasteiger partial charge in [-0.3, -0.25) is 4.79 Å². The zero-order chi connectivity index (χ0) is 17.6. The minimum Gasteiger partial charge on any atom is -0.497 e. The third-order valence-electron chi connectivity index (χ3n) is 3.36. The van der Waals surface area contributed by atoms with Crippen LogP contribution in [0.2, 0.25) is 0 Å². The summed E-state index contributed by atoms with van der Waals surface area (Å²) >= 11 is 0. The van der Waals surface area contributed by atoms with E-state index in [-0.39, 0.29) is 29.4 Å². The van der Waals surface area contributed by atoms with Crippen LogP contribution in [0.1, 0.15) is 12.8 Å². The Kier molecular flexibility index (Phi) is 5.92. The molecule has 0 spiro atoms. The minimum atomic E-state index is -3.52. The Balaban J connectivity index is 1.84. The molecule has 2 rings (SSSR count). The Morgan fingerprint density at radius 1 is 1.08 bits per heavy atom. The number of benzene rings is 2. The molecule has 1 amide bonds. The Bertz CT molecular complexity index is 786. The summed E-state index contributed by atoms with van der Waals surface area (Å²) in [5.74, 6) is -0.255. The van der Waals surface area contributed by atoms with Crippen LogP contribution < -0.4 is 10.1 Å². The van der Waals surface area contributed by atoms with Gasteiger partial charge in [0.15, 0.2) is 9.84 Å². The van der Waals surface area contributed by atoms with Crippen LogP contribution in [-0.2, 0) is 14.6 Å². The predicted molar refractivity (Wildman–Crippen MR) is 89.3 cm³/mol. The highest BCUT2D eigenvalue weighted by molar-refractivity contribution is 7.91. The lowest BCUT2D eigenvalue weighted by Gasteiger charge is -2.07. The van der Waals surface area contributed by atoms with E-state index in [1.165, 1.54) is 12.1 Å². The van der Waals surface area contributed by atoms with Gasteiger partial charge in [-0.1, -0.05) is 0 Å². The maximum Gasteiger partial charge on any atom is 0.224 e. The summed E-state index contributed by atoms with van der Waals surface area (Å²) in [5, 5.41) is 2.69. The Labute approximate surface area is 140 Å². The van der Waals surface area contributed by atoms with E-state index >= 15 is 0 Å². The van der Waals surface area contributed by atoms with Crippen LogP contribution in [0.25, 0.3) is 0 Å². The molecule has 0 heterocycles. The van der Waals surface area contributed by atoms with E-state index in [2.05, 4.69) is 5.32 Å². The second-order valence-corrected chi connectivity index (χ2v) is 7.26. The molecule has 0 atom stereocenters. The van der Waals surface area contributed by atoms with Crippen LogP contribution in [0.5, 0.6) is 5.75 Å². The van der Waals surface area contributed by atoms with Crippen molar-refractivity contribution in [2.75, 3.05) is 18.2 Å². The zero-order valence-electron chi connectivity index (χ0n) is 13.2. The van der Waals surface area contributed by atoms with Crippen molar-refractivity contribution >= 4 is 21.4 Å². The smallest absolute Gasteiger partial charge is 0.224 e. The van der Waals surface area contributed by atoms with Crippen LogP contribution in [0, 0.1) is 5.82 Å². The lowest BCUT2D eigenvalue weighted by molar-refractivity contribution is -0.116. The van der Waals surface area contributed by atoms with Gasteiger partial charge in [0.25, 0.3) is 0 Å². The van der Waals surface area contributed by atoms with Crippen LogP contribution >= 0.6 is 0 Å². The van der Waals surface area contributed by atoms with Crippen molar-refractivity contribution < 1.29 is 22.3 Å². The molecule has 0 aromatic heterocycles. The molecule has 0 aliphatic carbocycles. The number of nitrogens with one attached hydrogen (secondary N) is 1. The predicted octanol–water partition coefficient (Wildman–Crippen LogP) is 3.03. The van der Waals surface area contributed by atoms with Gasteiger partial charge in [0.05, 0.1) is 17.8 Å². The van der Waals surface area contributed by atoms with Crippen LogP contribution in [0.15, 0.2) is 53.4 Å². The quantitative estimate of drug-likeness (QED) is 0.778. The van der Waals surface area contributed by atoms with Gasteiger partial charge in [-0.2, -0.15) is 0 Å². The summed E-state index contributed by atoms with van der Waals surface area (Å²) in [6, 6.07) is 11.5. The number of halogens is 1.